The Morgan fingerprint density at radius 3 is 2.06 bits per heavy atom. The van der Waals surface area contributed by atoms with Gasteiger partial charge in [-0.2, -0.15) is 12.7 Å². The summed E-state index contributed by atoms with van der Waals surface area (Å²) in [7, 11) is 0.412. The first-order chi connectivity index (χ1) is 16.8. The van der Waals surface area contributed by atoms with E-state index in [4.69, 9.17) is 4.74 Å². The molecule has 9 nitrogen and oxygen atoms in total. The van der Waals surface area contributed by atoms with Crippen molar-refractivity contribution in [3.63, 3.8) is 0 Å². The van der Waals surface area contributed by atoms with Crippen molar-refractivity contribution in [2.45, 2.75) is 52.2 Å². The number of benzene rings is 2. The molecule has 2 amide bonds. The van der Waals surface area contributed by atoms with Crippen LogP contribution in [-0.2, 0) is 26.3 Å². The number of rotatable bonds is 11. The lowest BCUT2D eigenvalue weighted by atomic mass is 10.1. The van der Waals surface area contributed by atoms with Crippen LogP contribution in [0.1, 0.15) is 39.7 Å². The second kappa shape index (κ2) is 12.2. The van der Waals surface area contributed by atoms with Crippen molar-refractivity contribution < 1.29 is 22.7 Å². The van der Waals surface area contributed by atoms with Crippen molar-refractivity contribution in [3.05, 3.63) is 60.2 Å². The maximum atomic E-state index is 13.8. The second-order valence-electron chi connectivity index (χ2n) is 9.67. The molecule has 0 fully saturated rings. The van der Waals surface area contributed by atoms with Gasteiger partial charge in [0.15, 0.2) is 0 Å². The van der Waals surface area contributed by atoms with E-state index in [1.165, 1.54) is 19.0 Å². The van der Waals surface area contributed by atoms with Gasteiger partial charge in [0.25, 0.3) is 0 Å². The number of amides is 2. The van der Waals surface area contributed by atoms with E-state index in [0.717, 1.165) is 14.2 Å². The smallest absolute Gasteiger partial charge is 0.304 e. The number of nitrogens with zero attached hydrogens (tertiary/aromatic N) is 3. The van der Waals surface area contributed by atoms with E-state index in [1.807, 2.05) is 39.8 Å². The molecule has 0 aliphatic rings. The normalized spacial score (nSPS) is 12.7. The van der Waals surface area contributed by atoms with Crippen LogP contribution in [0.25, 0.3) is 0 Å². The number of ether oxygens (including phenoxy) is 1. The Balaban J connectivity index is 2.49. The number of carbonyl (C=O) groups excluding carboxylic acids is 2. The molecule has 1 N–H and O–H groups in total. The van der Waals surface area contributed by atoms with Crippen molar-refractivity contribution in [1.29, 1.82) is 0 Å². The molecule has 0 heterocycles. The molecular formula is C26H38N4O5S. The highest BCUT2D eigenvalue weighted by molar-refractivity contribution is 7.90. The third-order valence-corrected chi connectivity index (χ3v) is 7.28. The first-order valence-electron chi connectivity index (χ1n) is 11.8. The summed E-state index contributed by atoms with van der Waals surface area (Å²) < 4.78 is 33.7. The topological polar surface area (TPSA) is 99.3 Å². The standard InChI is InChI=1S/C26H38N4O5S/c1-8-23(25(32)27-26(2,3)4)29(18-20-14-16-22(35-7)17-15-20)24(31)19-30(36(33,34)28(5)6)21-12-10-9-11-13-21/h9-17,23H,8,18-19H2,1-7H3,(H,27,32)/t23-/m0/s1. The molecule has 0 radical (unpaired) electrons. The highest BCUT2D eigenvalue weighted by Crippen LogP contribution is 2.22. The monoisotopic (exact) mass is 518 g/mol. The third-order valence-electron chi connectivity index (χ3n) is 5.46. The molecule has 10 heteroatoms. The molecule has 0 spiro atoms. The van der Waals surface area contributed by atoms with E-state index in [0.29, 0.717) is 17.9 Å². The van der Waals surface area contributed by atoms with Gasteiger partial charge in [-0.05, 0) is 57.0 Å². The van der Waals surface area contributed by atoms with Gasteiger partial charge in [0.1, 0.15) is 18.3 Å². The Morgan fingerprint density at radius 1 is 1.00 bits per heavy atom. The lowest BCUT2D eigenvalue weighted by Gasteiger charge is -2.35. The summed E-state index contributed by atoms with van der Waals surface area (Å²) in [6.45, 7) is 7.10. The first-order valence-corrected chi connectivity index (χ1v) is 13.2. The number of carbonyl (C=O) groups is 2. The van der Waals surface area contributed by atoms with Crippen LogP contribution in [0, 0.1) is 0 Å². The van der Waals surface area contributed by atoms with E-state index < -0.39 is 34.2 Å². The summed E-state index contributed by atoms with van der Waals surface area (Å²) in [4.78, 5) is 28.5. The predicted octanol–water partition coefficient (Wildman–Crippen LogP) is 3.03. The molecule has 2 aromatic rings. The second-order valence-corrected chi connectivity index (χ2v) is 11.7. The van der Waals surface area contributed by atoms with Crippen LogP contribution in [0.15, 0.2) is 54.6 Å². The molecule has 1 atom stereocenters. The lowest BCUT2D eigenvalue weighted by Crippen LogP contribution is -2.55. The first kappa shape index (κ1) is 29.1. The van der Waals surface area contributed by atoms with E-state index in [2.05, 4.69) is 5.32 Å². The summed E-state index contributed by atoms with van der Waals surface area (Å²) >= 11 is 0. The average molecular weight is 519 g/mol. The van der Waals surface area contributed by atoms with Crippen molar-refractivity contribution in [2.24, 2.45) is 0 Å². The van der Waals surface area contributed by atoms with E-state index >= 15 is 0 Å². The number of methoxy groups -OCH3 is 1. The maximum absolute atomic E-state index is 13.8. The Bertz CT molecular complexity index is 1110. The Kier molecular flexibility index (Phi) is 9.89. The van der Waals surface area contributed by atoms with Crippen LogP contribution in [0.5, 0.6) is 5.75 Å². The van der Waals surface area contributed by atoms with Gasteiger partial charge in [-0.15, -0.1) is 0 Å². The number of hydrogen-bond donors (Lipinski definition) is 1. The fourth-order valence-electron chi connectivity index (χ4n) is 3.61. The SMILES string of the molecule is CC[C@@H](C(=O)NC(C)(C)C)N(Cc1ccc(OC)cc1)C(=O)CN(c1ccccc1)S(=O)(=O)N(C)C. The predicted molar refractivity (Wildman–Crippen MR) is 142 cm³/mol. The molecule has 0 aliphatic carbocycles. The van der Waals surface area contributed by atoms with Gasteiger partial charge in [0, 0.05) is 26.2 Å². The summed E-state index contributed by atoms with van der Waals surface area (Å²) in [5, 5.41) is 2.95. The molecule has 0 bridgehead atoms. The lowest BCUT2D eigenvalue weighted by molar-refractivity contribution is -0.141. The van der Waals surface area contributed by atoms with E-state index in [9.17, 15) is 18.0 Å². The summed E-state index contributed by atoms with van der Waals surface area (Å²) in [6, 6.07) is 14.8. The molecular weight excluding hydrogens is 480 g/mol. The molecule has 0 saturated carbocycles. The van der Waals surface area contributed by atoms with Crippen molar-refractivity contribution in [3.8, 4) is 5.75 Å². The van der Waals surface area contributed by atoms with Gasteiger partial charge < -0.3 is 15.0 Å². The average Bonchev–Trinajstić information content (AvgIpc) is 2.81. The minimum absolute atomic E-state index is 0.129. The maximum Gasteiger partial charge on any atom is 0.304 e. The summed E-state index contributed by atoms with van der Waals surface area (Å²) in [5.74, 6) is -0.119. The Labute approximate surface area is 215 Å². The largest absolute Gasteiger partial charge is 0.497 e. The Hall–Kier alpha value is -3.11. The number of para-hydroxylation sites is 1. The zero-order chi connectivity index (χ0) is 27.1. The highest BCUT2D eigenvalue weighted by atomic mass is 32.2. The number of nitrogens with one attached hydrogen (secondary N) is 1. The van der Waals surface area contributed by atoms with Crippen LogP contribution in [0.4, 0.5) is 5.69 Å². The molecule has 2 rings (SSSR count). The molecule has 0 aliphatic heterocycles. The van der Waals surface area contributed by atoms with Gasteiger partial charge >= 0.3 is 10.2 Å². The van der Waals surface area contributed by atoms with Crippen LogP contribution >= 0.6 is 0 Å². The van der Waals surface area contributed by atoms with Gasteiger partial charge in [-0.1, -0.05) is 37.3 Å². The molecule has 0 saturated heterocycles. The minimum Gasteiger partial charge on any atom is -0.497 e. The quantitative estimate of drug-likeness (QED) is 0.493. The fraction of sp³-hybridized carbons (Fsp3) is 0.462. The van der Waals surface area contributed by atoms with Crippen LogP contribution in [0.2, 0.25) is 0 Å². The minimum atomic E-state index is -3.98. The number of anilines is 1. The van der Waals surface area contributed by atoms with E-state index in [-0.39, 0.29) is 12.5 Å². The molecule has 36 heavy (non-hydrogen) atoms. The summed E-state index contributed by atoms with van der Waals surface area (Å²) in [6.07, 6.45) is 0.357. The zero-order valence-corrected chi connectivity index (χ0v) is 23.0. The number of hydrogen-bond acceptors (Lipinski definition) is 5. The third kappa shape index (κ3) is 7.69. The van der Waals surface area contributed by atoms with Crippen molar-refractivity contribution in [1.82, 2.24) is 14.5 Å². The molecule has 0 aromatic heterocycles. The molecule has 198 valence electrons. The van der Waals surface area contributed by atoms with Gasteiger partial charge in [-0.3, -0.25) is 9.59 Å². The molecule has 2 aromatic carbocycles. The van der Waals surface area contributed by atoms with Gasteiger partial charge in [0.2, 0.25) is 11.8 Å². The zero-order valence-electron chi connectivity index (χ0n) is 22.2. The Morgan fingerprint density at radius 2 is 1.58 bits per heavy atom. The summed E-state index contributed by atoms with van der Waals surface area (Å²) in [5.41, 5.74) is 0.646. The molecule has 0 unspecified atom stereocenters. The highest BCUT2D eigenvalue weighted by Gasteiger charge is 2.34. The van der Waals surface area contributed by atoms with Crippen LogP contribution < -0.4 is 14.4 Å². The fourth-order valence-corrected chi connectivity index (χ4v) is 4.67. The van der Waals surface area contributed by atoms with E-state index in [1.54, 1.807) is 49.6 Å². The van der Waals surface area contributed by atoms with Crippen molar-refractivity contribution in [2.75, 3.05) is 32.1 Å². The van der Waals surface area contributed by atoms with Gasteiger partial charge in [0.05, 0.1) is 12.8 Å². The van der Waals surface area contributed by atoms with Crippen LogP contribution in [0.3, 0.4) is 0 Å². The van der Waals surface area contributed by atoms with Crippen LogP contribution in [-0.4, -0.2) is 68.8 Å². The van der Waals surface area contributed by atoms with Crippen molar-refractivity contribution >= 4 is 27.7 Å². The van der Waals surface area contributed by atoms with Gasteiger partial charge in [-0.25, -0.2) is 4.31 Å².